The second-order valence-electron chi connectivity index (χ2n) is 6.08. The molecule has 2 rings (SSSR count). The van der Waals surface area contributed by atoms with E-state index < -0.39 is 0 Å². The maximum absolute atomic E-state index is 4.77. The molecule has 1 aliphatic rings. The summed E-state index contributed by atoms with van der Waals surface area (Å²) in [6, 6.07) is 6.09. The van der Waals surface area contributed by atoms with Gasteiger partial charge in [0, 0.05) is 45.5 Å². The molecule has 0 aliphatic carbocycles. The van der Waals surface area contributed by atoms with Gasteiger partial charge < -0.3 is 15.1 Å². The van der Waals surface area contributed by atoms with E-state index in [0.717, 1.165) is 57.5 Å². The molecule has 130 valence electrons. The van der Waals surface area contributed by atoms with Crippen LogP contribution in [0.1, 0.15) is 27.2 Å². The smallest absolute Gasteiger partial charge is 0.194 e. The van der Waals surface area contributed by atoms with Crippen molar-refractivity contribution in [2.75, 3.05) is 44.2 Å². The van der Waals surface area contributed by atoms with Crippen molar-refractivity contribution in [3.8, 4) is 0 Å². The average Bonchev–Trinajstić information content (AvgIpc) is 2.55. The summed E-state index contributed by atoms with van der Waals surface area (Å²) in [5.41, 5.74) is 0. The Morgan fingerprint density at radius 2 is 2.00 bits per heavy atom. The minimum atomic E-state index is 0. The average molecular weight is 431 g/mol. The molecule has 0 radical (unpaired) electrons. The zero-order valence-electron chi connectivity index (χ0n) is 14.5. The second kappa shape index (κ2) is 10.7. The molecule has 1 aliphatic heterocycles. The molecule has 1 saturated heterocycles. The van der Waals surface area contributed by atoms with E-state index in [1.807, 2.05) is 18.3 Å². The van der Waals surface area contributed by atoms with Gasteiger partial charge in [-0.25, -0.2) is 4.98 Å². The Hall–Kier alpha value is -1.05. The lowest BCUT2D eigenvalue weighted by Crippen LogP contribution is -2.52. The second-order valence-corrected chi connectivity index (χ2v) is 6.08. The van der Waals surface area contributed by atoms with E-state index in [0.29, 0.717) is 5.92 Å². The van der Waals surface area contributed by atoms with Gasteiger partial charge in [0.2, 0.25) is 0 Å². The fraction of sp³-hybridized carbons (Fsp3) is 0.647. The highest BCUT2D eigenvalue weighted by Gasteiger charge is 2.20. The monoisotopic (exact) mass is 431 g/mol. The van der Waals surface area contributed by atoms with Gasteiger partial charge in [0.05, 0.1) is 0 Å². The number of nitrogens with zero attached hydrogens (tertiary/aromatic N) is 4. The van der Waals surface area contributed by atoms with E-state index in [1.54, 1.807) is 0 Å². The van der Waals surface area contributed by atoms with Crippen LogP contribution >= 0.6 is 24.0 Å². The summed E-state index contributed by atoms with van der Waals surface area (Å²) in [5.74, 6) is 2.83. The molecule has 1 aromatic rings. The number of hydrogen-bond donors (Lipinski definition) is 1. The molecule has 2 heterocycles. The molecule has 1 N–H and O–H groups in total. The molecule has 1 fully saturated rings. The van der Waals surface area contributed by atoms with Crippen LogP contribution in [0, 0.1) is 5.92 Å². The third kappa shape index (κ3) is 6.53. The fourth-order valence-electron chi connectivity index (χ4n) is 2.54. The normalized spacial score (nSPS) is 15.6. The molecule has 0 unspecified atom stereocenters. The quantitative estimate of drug-likeness (QED) is 0.443. The summed E-state index contributed by atoms with van der Waals surface area (Å²) in [4.78, 5) is 13.9. The van der Waals surface area contributed by atoms with Crippen LogP contribution in [0.5, 0.6) is 0 Å². The Labute approximate surface area is 157 Å². The first-order valence-corrected chi connectivity index (χ1v) is 8.40. The van der Waals surface area contributed by atoms with Crippen molar-refractivity contribution in [1.82, 2.24) is 15.2 Å². The van der Waals surface area contributed by atoms with Gasteiger partial charge in [0.15, 0.2) is 5.96 Å². The molecule has 1 aromatic heterocycles. The van der Waals surface area contributed by atoms with Crippen LogP contribution < -0.4 is 10.2 Å². The summed E-state index contributed by atoms with van der Waals surface area (Å²) in [6.45, 7) is 12.4. The molecular formula is C17H30IN5. The highest BCUT2D eigenvalue weighted by atomic mass is 127. The zero-order chi connectivity index (χ0) is 15.8. The van der Waals surface area contributed by atoms with Crippen LogP contribution in [-0.2, 0) is 0 Å². The van der Waals surface area contributed by atoms with Crippen LogP contribution in [-0.4, -0.2) is 55.1 Å². The van der Waals surface area contributed by atoms with E-state index in [4.69, 9.17) is 4.99 Å². The van der Waals surface area contributed by atoms with Crippen LogP contribution in [0.3, 0.4) is 0 Å². The number of rotatable bonds is 5. The molecule has 0 spiro atoms. The maximum atomic E-state index is 4.77. The SMILES string of the molecule is CCNC(=NCCC(C)C)N1CCN(c2ccccn2)CC1.I. The first kappa shape index (κ1) is 20.0. The van der Waals surface area contributed by atoms with E-state index in [-0.39, 0.29) is 24.0 Å². The third-order valence-electron chi connectivity index (χ3n) is 3.86. The number of guanidine groups is 1. The van der Waals surface area contributed by atoms with Crippen molar-refractivity contribution in [2.24, 2.45) is 10.9 Å². The predicted octanol–water partition coefficient (Wildman–Crippen LogP) is 2.83. The van der Waals surface area contributed by atoms with Gasteiger partial charge in [-0.2, -0.15) is 0 Å². The standard InChI is InChI=1S/C17H29N5.HI/c1-4-18-17(20-10-8-15(2)3)22-13-11-21(12-14-22)16-7-5-6-9-19-16;/h5-7,9,15H,4,8,10-14H2,1-3H3,(H,18,20);1H. The molecule has 0 aromatic carbocycles. The van der Waals surface area contributed by atoms with Gasteiger partial charge in [-0.1, -0.05) is 19.9 Å². The summed E-state index contributed by atoms with van der Waals surface area (Å²) in [5, 5.41) is 3.42. The molecule has 0 saturated carbocycles. The molecule has 0 bridgehead atoms. The topological polar surface area (TPSA) is 43.8 Å². The Kier molecular flexibility index (Phi) is 9.28. The van der Waals surface area contributed by atoms with Gasteiger partial charge in [-0.05, 0) is 31.4 Å². The highest BCUT2D eigenvalue weighted by molar-refractivity contribution is 14.0. The maximum Gasteiger partial charge on any atom is 0.194 e. The molecule has 5 nitrogen and oxygen atoms in total. The van der Waals surface area contributed by atoms with E-state index in [2.05, 4.69) is 46.9 Å². The first-order chi connectivity index (χ1) is 10.7. The van der Waals surface area contributed by atoms with Crippen LogP contribution in [0.25, 0.3) is 0 Å². The largest absolute Gasteiger partial charge is 0.357 e. The summed E-state index contributed by atoms with van der Waals surface area (Å²) in [6.07, 6.45) is 3.00. The molecule has 23 heavy (non-hydrogen) atoms. The summed E-state index contributed by atoms with van der Waals surface area (Å²) >= 11 is 0. The van der Waals surface area contributed by atoms with Gasteiger partial charge in [-0.15, -0.1) is 24.0 Å². The third-order valence-corrected chi connectivity index (χ3v) is 3.86. The summed E-state index contributed by atoms with van der Waals surface area (Å²) < 4.78 is 0. The van der Waals surface area contributed by atoms with Crippen LogP contribution in [0.4, 0.5) is 5.82 Å². The summed E-state index contributed by atoms with van der Waals surface area (Å²) in [7, 11) is 0. The van der Waals surface area contributed by atoms with E-state index in [1.165, 1.54) is 0 Å². The number of anilines is 1. The minimum absolute atomic E-state index is 0. The highest BCUT2D eigenvalue weighted by Crippen LogP contribution is 2.12. The van der Waals surface area contributed by atoms with Crippen molar-refractivity contribution in [1.29, 1.82) is 0 Å². The Balaban J connectivity index is 0.00000264. The van der Waals surface area contributed by atoms with Gasteiger partial charge >= 0.3 is 0 Å². The number of aliphatic imine (C=N–C) groups is 1. The number of aromatic nitrogens is 1. The molecule has 6 heteroatoms. The predicted molar refractivity (Wildman–Crippen MR) is 109 cm³/mol. The van der Waals surface area contributed by atoms with Crippen LogP contribution in [0.2, 0.25) is 0 Å². The Morgan fingerprint density at radius 1 is 1.26 bits per heavy atom. The number of nitrogens with one attached hydrogen (secondary N) is 1. The number of piperazine rings is 1. The van der Waals surface area contributed by atoms with Gasteiger partial charge in [0.1, 0.15) is 5.82 Å². The molecular weight excluding hydrogens is 401 g/mol. The lowest BCUT2D eigenvalue weighted by Gasteiger charge is -2.37. The van der Waals surface area contributed by atoms with E-state index >= 15 is 0 Å². The van der Waals surface area contributed by atoms with Crippen molar-refractivity contribution in [2.45, 2.75) is 27.2 Å². The van der Waals surface area contributed by atoms with Crippen molar-refractivity contribution >= 4 is 35.8 Å². The first-order valence-electron chi connectivity index (χ1n) is 8.40. The Bertz CT molecular complexity index is 455. The lowest BCUT2D eigenvalue weighted by molar-refractivity contribution is 0.371. The number of pyridine rings is 1. The Morgan fingerprint density at radius 3 is 2.57 bits per heavy atom. The molecule has 0 amide bonds. The molecule has 0 atom stereocenters. The fourth-order valence-corrected chi connectivity index (χ4v) is 2.54. The van der Waals surface area contributed by atoms with E-state index in [9.17, 15) is 0 Å². The van der Waals surface area contributed by atoms with Crippen LogP contribution in [0.15, 0.2) is 29.4 Å². The minimum Gasteiger partial charge on any atom is -0.357 e. The number of halogens is 1. The van der Waals surface area contributed by atoms with Crippen molar-refractivity contribution in [3.05, 3.63) is 24.4 Å². The van der Waals surface area contributed by atoms with Crippen molar-refractivity contribution < 1.29 is 0 Å². The zero-order valence-corrected chi connectivity index (χ0v) is 16.9. The van der Waals surface area contributed by atoms with Crippen molar-refractivity contribution in [3.63, 3.8) is 0 Å². The van der Waals surface area contributed by atoms with Gasteiger partial charge in [-0.3, -0.25) is 4.99 Å². The number of hydrogen-bond acceptors (Lipinski definition) is 3. The lowest BCUT2D eigenvalue weighted by atomic mass is 10.1. The van der Waals surface area contributed by atoms with Gasteiger partial charge in [0.25, 0.3) is 0 Å².